The fourth-order valence-corrected chi connectivity index (χ4v) is 5.10. The maximum absolute atomic E-state index is 10.8. The Bertz CT molecular complexity index is 1110. The van der Waals surface area contributed by atoms with Crippen molar-refractivity contribution in [2.24, 2.45) is 11.8 Å². The second-order valence-electron chi connectivity index (χ2n) is 11.1. The summed E-state index contributed by atoms with van der Waals surface area (Å²) >= 11 is 0. The number of aromatic hydroxyl groups is 2. The van der Waals surface area contributed by atoms with Gasteiger partial charge in [-0.25, -0.2) is 4.98 Å². The molecule has 39 heavy (non-hydrogen) atoms. The molecule has 0 amide bonds. The lowest BCUT2D eigenvalue weighted by atomic mass is 9.96. The fraction of sp³-hybridized carbons (Fsp3) is 0.545. The van der Waals surface area contributed by atoms with E-state index in [1.807, 2.05) is 38.1 Å². The first-order valence-electron chi connectivity index (χ1n) is 14.9. The lowest BCUT2D eigenvalue weighted by Crippen LogP contribution is -2.35. The van der Waals surface area contributed by atoms with E-state index in [1.165, 1.54) is 38.5 Å². The van der Waals surface area contributed by atoms with E-state index in [0.717, 1.165) is 37.1 Å². The summed E-state index contributed by atoms with van der Waals surface area (Å²) < 4.78 is 0. The highest BCUT2D eigenvalue weighted by molar-refractivity contribution is 5.70. The molecule has 6 nitrogen and oxygen atoms in total. The van der Waals surface area contributed by atoms with Crippen LogP contribution < -0.4 is 4.90 Å². The Labute approximate surface area is 235 Å². The zero-order chi connectivity index (χ0) is 28.4. The molecule has 0 bridgehead atoms. The highest BCUT2D eigenvalue weighted by atomic mass is 16.3. The van der Waals surface area contributed by atoms with Crippen LogP contribution in [0, 0.1) is 25.7 Å². The van der Waals surface area contributed by atoms with E-state index >= 15 is 0 Å². The molecule has 0 saturated carbocycles. The number of aryl methyl sites for hydroxylation is 2. The van der Waals surface area contributed by atoms with Crippen molar-refractivity contribution in [3.63, 3.8) is 0 Å². The standard InChI is InChI=1S/C33H48N4O2/c1-7-11-13-25(9-3)21-37(22-26(10-4)14-12-8-2)33-35-31(27-17-15-23(5)19-29(27)38)34-32(36-33)28-18-16-24(6)20-30(28)39/h15-20,25-26,38-39H,7-14,21-22H2,1-6H3. The maximum Gasteiger partial charge on any atom is 0.229 e. The topological polar surface area (TPSA) is 82.4 Å². The molecule has 6 heteroatoms. The molecule has 212 valence electrons. The quantitative estimate of drug-likeness (QED) is 0.204. The normalized spacial score (nSPS) is 12.9. The van der Waals surface area contributed by atoms with Gasteiger partial charge in [0.15, 0.2) is 11.6 Å². The molecule has 0 aliphatic heterocycles. The van der Waals surface area contributed by atoms with Gasteiger partial charge in [-0.2, -0.15) is 9.97 Å². The number of rotatable bonds is 15. The molecule has 0 aliphatic rings. The van der Waals surface area contributed by atoms with Gasteiger partial charge in [0.2, 0.25) is 5.95 Å². The third-order valence-corrected chi connectivity index (χ3v) is 7.74. The molecule has 2 N–H and O–H groups in total. The number of aromatic nitrogens is 3. The minimum atomic E-state index is 0.140. The third-order valence-electron chi connectivity index (χ3n) is 7.74. The first-order chi connectivity index (χ1) is 18.8. The average molecular weight is 533 g/mol. The van der Waals surface area contributed by atoms with Crippen LogP contribution in [0.4, 0.5) is 5.95 Å². The average Bonchev–Trinajstić information content (AvgIpc) is 2.92. The molecular formula is C33H48N4O2. The van der Waals surface area contributed by atoms with Crippen molar-refractivity contribution < 1.29 is 10.2 Å². The highest BCUT2D eigenvalue weighted by Crippen LogP contribution is 2.34. The first-order valence-corrected chi connectivity index (χ1v) is 14.9. The molecule has 3 rings (SSSR count). The molecule has 1 heterocycles. The third kappa shape index (κ3) is 8.42. The maximum atomic E-state index is 10.8. The molecule has 0 aliphatic carbocycles. The zero-order valence-corrected chi connectivity index (χ0v) is 24.9. The molecule has 2 aromatic carbocycles. The molecule has 2 unspecified atom stereocenters. The van der Waals surface area contributed by atoms with Crippen molar-refractivity contribution in [2.75, 3.05) is 18.0 Å². The number of phenols is 2. The van der Waals surface area contributed by atoms with Gasteiger partial charge < -0.3 is 15.1 Å². The van der Waals surface area contributed by atoms with Gasteiger partial charge in [-0.3, -0.25) is 0 Å². The van der Waals surface area contributed by atoms with Gasteiger partial charge in [0, 0.05) is 13.1 Å². The molecule has 2 atom stereocenters. The summed E-state index contributed by atoms with van der Waals surface area (Å²) in [4.78, 5) is 17.0. The predicted octanol–water partition coefficient (Wildman–Crippen LogP) is 8.47. The summed E-state index contributed by atoms with van der Waals surface area (Å²) in [6.45, 7) is 14.7. The van der Waals surface area contributed by atoms with Gasteiger partial charge >= 0.3 is 0 Å². The Morgan fingerprint density at radius 3 is 1.46 bits per heavy atom. The van der Waals surface area contributed by atoms with Crippen molar-refractivity contribution >= 4 is 5.95 Å². The van der Waals surface area contributed by atoms with Crippen molar-refractivity contribution in [3.05, 3.63) is 47.5 Å². The van der Waals surface area contributed by atoms with Crippen molar-refractivity contribution in [1.29, 1.82) is 0 Å². The van der Waals surface area contributed by atoms with E-state index in [4.69, 9.17) is 15.0 Å². The Morgan fingerprint density at radius 2 is 1.10 bits per heavy atom. The smallest absolute Gasteiger partial charge is 0.229 e. The molecule has 0 spiro atoms. The number of unbranched alkanes of at least 4 members (excludes halogenated alkanes) is 2. The predicted molar refractivity (Wildman–Crippen MR) is 162 cm³/mol. The number of anilines is 1. The summed E-state index contributed by atoms with van der Waals surface area (Å²) in [5, 5.41) is 21.6. The minimum absolute atomic E-state index is 0.140. The summed E-state index contributed by atoms with van der Waals surface area (Å²) in [5.41, 5.74) is 3.06. The van der Waals surface area contributed by atoms with Gasteiger partial charge in [-0.15, -0.1) is 0 Å². The number of nitrogens with zero attached hydrogens (tertiary/aromatic N) is 4. The molecule has 3 aromatic rings. The summed E-state index contributed by atoms with van der Waals surface area (Å²) in [6, 6.07) is 11.1. The molecule has 0 fully saturated rings. The van der Waals surface area contributed by atoms with Crippen molar-refractivity contribution in [3.8, 4) is 34.3 Å². The fourth-order valence-electron chi connectivity index (χ4n) is 5.10. The second kappa shape index (κ2) is 14.9. The number of hydrogen-bond donors (Lipinski definition) is 2. The Kier molecular flexibility index (Phi) is 11.6. The van der Waals surface area contributed by atoms with Crippen molar-refractivity contribution in [1.82, 2.24) is 15.0 Å². The van der Waals surface area contributed by atoms with Crippen LogP contribution in [0.5, 0.6) is 11.5 Å². The SMILES string of the molecule is CCCCC(CC)CN(CC(CC)CCCC)c1nc(-c2ccc(C)cc2O)nc(-c2ccc(C)cc2O)n1. The summed E-state index contributed by atoms with van der Waals surface area (Å²) in [5.74, 6) is 2.81. The largest absolute Gasteiger partial charge is 0.507 e. The van der Waals surface area contributed by atoms with Crippen LogP contribution in [0.25, 0.3) is 22.8 Å². The van der Waals surface area contributed by atoms with Crippen LogP contribution in [-0.2, 0) is 0 Å². The van der Waals surface area contributed by atoms with Gasteiger partial charge in [0.25, 0.3) is 0 Å². The lowest BCUT2D eigenvalue weighted by Gasteiger charge is -2.31. The molecule has 0 saturated heterocycles. The molecule has 1 aromatic heterocycles. The van der Waals surface area contributed by atoms with E-state index in [1.54, 1.807) is 12.1 Å². The molecule has 0 radical (unpaired) electrons. The second-order valence-corrected chi connectivity index (χ2v) is 11.1. The van der Waals surface area contributed by atoms with E-state index < -0.39 is 0 Å². The van der Waals surface area contributed by atoms with Crippen LogP contribution in [0.1, 0.15) is 90.2 Å². The van der Waals surface area contributed by atoms with Crippen LogP contribution in [0.2, 0.25) is 0 Å². The summed E-state index contributed by atoms with van der Waals surface area (Å²) in [6.07, 6.45) is 9.35. The van der Waals surface area contributed by atoms with E-state index in [0.29, 0.717) is 40.6 Å². The number of benzene rings is 2. The minimum Gasteiger partial charge on any atom is -0.507 e. The van der Waals surface area contributed by atoms with Crippen LogP contribution >= 0.6 is 0 Å². The first kappa shape index (κ1) is 30.4. The lowest BCUT2D eigenvalue weighted by molar-refractivity contribution is 0.400. The molecular weight excluding hydrogens is 484 g/mol. The van der Waals surface area contributed by atoms with E-state index in [2.05, 4.69) is 32.6 Å². The zero-order valence-electron chi connectivity index (χ0n) is 24.9. The number of phenolic OH excluding ortho intramolecular Hbond substituents is 2. The Hall–Kier alpha value is -3.15. The highest BCUT2D eigenvalue weighted by Gasteiger charge is 2.23. The number of hydrogen-bond acceptors (Lipinski definition) is 6. The van der Waals surface area contributed by atoms with Gasteiger partial charge in [-0.05, 0) is 73.9 Å². The Balaban J connectivity index is 2.16. The van der Waals surface area contributed by atoms with Gasteiger partial charge in [0.1, 0.15) is 11.5 Å². The van der Waals surface area contributed by atoms with Crippen LogP contribution in [0.3, 0.4) is 0 Å². The van der Waals surface area contributed by atoms with Crippen LogP contribution in [0.15, 0.2) is 36.4 Å². The van der Waals surface area contributed by atoms with Crippen LogP contribution in [-0.4, -0.2) is 38.3 Å². The van der Waals surface area contributed by atoms with Gasteiger partial charge in [-0.1, -0.05) is 78.4 Å². The van der Waals surface area contributed by atoms with E-state index in [9.17, 15) is 10.2 Å². The monoisotopic (exact) mass is 532 g/mol. The van der Waals surface area contributed by atoms with Gasteiger partial charge in [0.05, 0.1) is 11.1 Å². The van der Waals surface area contributed by atoms with E-state index in [-0.39, 0.29) is 11.5 Å². The van der Waals surface area contributed by atoms with Crippen molar-refractivity contribution in [2.45, 2.75) is 92.9 Å². The Morgan fingerprint density at radius 1 is 0.667 bits per heavy atom. The summed E-state index contributed by atoms with van der Waals surface area (Å²) in [7, 11) is 0.